The molecule has 0 radical (unpaired) electrons. The van der Waals surface area contributed by atoms with E-state index in [0.717, 1.165) is 18.4 Å². The third-order valence-corrected chi connectivity index (χ3v) is 2.57. The number of nitrogens with two attached hydrogens (primary N) is 1. The summed E-state index contributed by atoms with van der Waals surface area (Å²) in [5.74, 6) is 0.0324. The lowest BCUT2D eigenvalue weighted by Crippen LogP contribution is -2.31. The predicted molar refractivity (Wildman–Crippen MR) is 60.8 cm³/mol. The standard InChI is InChI=1S/C11H15ClN2O/c1-2-3-10(13)11(15)6-8-4-5-14-7-9(8)12/h4-5,7,10H,2-3,6,13H2,1H3. The van der Waals surface area contributed by atoms with Crippen LogP contribution in [-0.4, -0.2) is 16.8 Å². The molecule has 0 spiro atoms. The van der Waals surface area contributed by atoms with Gasteiger partial charge < -0.3 is 5.73 Å². The zero-order valence-electron chi connectivity index (χ0n) is 8.74. The van der Waals surface area contributed by atoms with Crippen molar-refractivity contribution < 1.29 is 4.79 Å². The van der Waals surface area contributed by atoms with E-state index in [2.05, 4.69) is 4.98 Å². The van der Waals surface area contributed by atoms with Gasteiger partial charge in [0.1, 0.15) is 0 Å². The summed E-state index contributed by atoms with van der Waals surface area (Å²) in [5, 5.41) is 0.523. The van der Waals surface area contributed by atoms with Crippen molar-refractivity contribution in [2.24, 2.45) is 5.73 Å². The van der Waals surface area contributed by atoms with Gasteiger partial charge in [0, 0.05) is 18.8 Å². The van der Waals surface area contributed by atoms with Crippen molar-refractivity contribution in [3.8, 4) is 0 Å². The molecule has 0 saturated carbocycles. The summed E-state index contributed by atoms with van der Waals surface area (Å²) in [6.45, 7) is 2.01. The van der Waals surface area contributed by atoms with Crippen LogP contribution in [-0.2, 0) is 11.2 Å². The van der Waals surface area contributed by atoms with E-state index in [4.69, 9.17) is 17.3 Å². The minimum Gasteiger partial charge on any atom is -0.321 e. The van der Waals surface area contributed by atoms with Crippen molar-refractivity contribution in [3.05, 3.63) is 29.0 Å². The lowest BCUT2D eigenvalue weighted by molar-refractivity contribution is -0.119. The molecule has 2 N–H and O–H groups in total. The molecule has 0 amide bonds. The van der Waals surface area contributed by atoms with Crippen LogP contribution < -0.4 is 5.73 Å². The van der Waals surface area contributed by atoms with Gasteiger partial charge in [0.2, 0.25) is 0 Å². The first-order valence-electron chi connectivity index (χ1n) is 5.01. The molecule has 1 aromatic rings. The second-order valence-corrected chi connectivity index (χ2v) is 3.91. The van der Waals surface area contributed by atoms with Crippen molar-refractivity contribution in [3.63, 3.8) is 0 Å². The van der Waals surface area contributed by atoms with Crippen molar-refractivity contribution in [1.29, 1.82) is 0 Å². The molecule has 4 heteroatoms. The van der Waals surface area contributed by atoms with E-state index in [1.165, 1.54) is 6.20 Å². The van der Waals surface area contributed by atoms with Crippen LogP contribution in [0.25, 0.3) is 0 Å². The fraction of sp³-hybridized carbons (Fsp3) is 0.455. The van der Waals surface area contributed by atoms with Crippen molar-refractivity contribution in [2.75, 3.05) is 0 Å². The number of ketones is 1. The summed E-state index contributed by atoms with van der Waals surface area (Å²) in [7, 11) is 0. The van der Waals surface area contributed by atoms with Crippen LogP contribution >= 0.6 is 11.6 Å². The van der Waals surface area contributed by atoms with Crippen LogP contribution in [0.3, 0.4) is 0 Å². The summed E-state index contributed by atoms with van der Waals surface area (Å²) >= 11 is 5.89. The molecular weight excluding hydrogens is 212 g/mol. The molecule has 0 aliphatic heterocycles. The molecule has 0 aliphatic rings. The highest BCUT2D eigenvalue weighted by Gasteiger charge is 2.14. The van der Waals surface area contributed by atoms with Crippen molar-refractivity contribution in [1.82, 2.24) is 4.98 Å². The molecule has 1 rings (SSSR count). The Bertz CT molecular complexity index is 341. The largest absolute Gasteiger partial charge is 0.321 e. The fourth-order valence-electron chi connectivity index (χ4n) is 1.34. The Morgan fingerprint density at radius 1 is 1.67 bits per heavy atom. The summed E-state index contributed by atoms with van der Waals surface area (Å²) in [5.41, 5.74) is 6.51. The third-order valence-electron chi connectivity index (χ3n) is 2.23. The maximum atomic E-state index is 11.7. The van der Waals surface area contributed by atoms with Crippen LogP contribution in [0.1, 0.15) is 25.3 Å². The third kappa shape index (κ3) is 3.61. The monoisotopic (exact) mass is 226 g/mol. The van der Waals surface area contributed by atoms with E-state index in [1.54, 1.807) is 12.3 Å². The number of pyridine rings is 1. The Morgan fingerprint density at radius 3 is 3.00 bits per heavy atom. The molecule has 82 valence electrons. The SMILES string of the molecule is CCCC(N)C(=O)Cc1ccncc1Cl. The number of halogens is 1. The van der Waals surface area contributed by atoms with Gasteiger partial charge in [0.15, 0.2) is 5.78 Å². The van der Waals surface area contributed by atoms with Crippen LogP contribution in [0.2, 0.25) is 5.02 Å². The van der Waals surface area contributed by atoms with Crippen LogP contribution in [0.5, 0.6) is 0 Å². The normalized spacial score (nSPS) is 12.5. The molecular formula is C11H15ClN2O. The molecule has 1 heterocycles. The maximum absolute atomic E-state index is 11.7. The van der Waals surface area contributed by atoms with E-state index in [9.17, 15) is 4.79 Å². The molecule has 1 unspecified atom stereocenters. The summed E-state index contributed by atoms with van der Waals surface area (Å²) in [6, 6.07) is 1.37. The first-order chi connectivity index (χ1) is 7.15. The van der Waals surface area contributed by atoms with E-state index >= 15 is 0 Å². The average Bonchev–Trinajstić information content (AvgIpc) is 2.21. The quantitative estimate of drug-likeness (QED) is 0.835. The molecule has 0 bridgehead atoms. The Labute approximate surface area is 94.6 Å². The molecule has 1 aromatic heterocycles. The molecule has 15 heavy (non-hydrogen) atoms. The van der Waals surface area contributed by atoms with Crippen molar-refractivity contribution in [2.45, 2.75) is 32.2 Å². The Kier molecular flexibility index (Phi) is 4.72. The van der Waals surface area contributed by atoms with Gasteiger partial charge in [-0.25, -0.2) is 0 Å². The molecule has 0 fully saturated rings. The number of carbonyl (C=O) groups is 1. The molecule has 0 aromatic carbocycles. The first-order valence-corrected chi connectivity index (χ1v) is 5.39. The minimum atomic E-state index is -0.376. The summed E-state index contributed by atoms with van der Waals surface area (Å²) < 4.78 is 0. The number of hydrogen-bond acceptors (Lipinski definition) is 3. The lowest BCUT2D eigenvalue weighted by atomic mass is 10.0. The van der Waals surface area contributed by atoms with Gasteiger partial charge in [0.05, 0.1) is 11.1 Å². The zero-order valence-corrected chi connectivity index (χ0v) is 9.50. The highest BCUT2D eigenvalue weighted by atomic mass is 35.5. The van der Waals surface area contributed by atoms with E-state index in [1.807, 2.05) is 6.92 Å². The van der Waals surface area contributed by atoms with Crippen LogP contribution in [0, 0.1) is 0 Å². The topological polar surface area (TPSA) is 56.0 Å². The van der Waals surface area contributed by atoms with Gasteiger partial charge in [-0.15, -0.1) is 0 Å². The molecule has 0 saturated heterocycles. The predicted octanol–water partition coefficient (Wildman–Crippen LogP) is 1.97. The van der Waals surface area contributed by atoms with Gasteiger partial charge in [-0.2, -0.15) is 0 Å². The van der Waals surface area contributed by atoms with Gasteiger partial charge in [-0.05, 0) is 18.1 Å². The van der Waals surface area contributed by atoms with Gasteiger partial charge in [-0.1, -0.05) is 24.9 Å². The molecule has 0 aliphatic carbocycles. The smallest absolute Gasteiger partial charge is 0.153 e. The Balaban J connectivity index is 2.62. The Morgan fingerprint density at radius 2 is 2.40 bits per heavy atom. The van der Waals surface area contributed by atoms with Gasteiger partial charge in [-0.3, -0.25) is 9.78 Å². The maximum Gasteiger partial charge on any atom is 0.153 e. The number of hydrogen-bond donors (Lipinski definition) is 1. The first kappa shape index (κ1) is 12.1. The highest BCUT2D eigenvalue weighted by Crippen LogP contribution is 2.14. The van der Waals surface area contributed by atoms with Crippen LogP contribution in [0.4, 0.5) is 0 Å². The number of nitrogens with zero attached hydrogens (tertiary/aromatic N) is 1. The average molecular weight is 227 g/mol. The highest BCUT2D eigenvalue weighted by molar-refractivity contribution is 6.31. The lowest BCUT2D eigenvalue weighted by Gasteiger charge is -2.09. The summed E-state index contributed by atoms with van der Waals surface area (Å²) in [4.78, 5) is 15.5. The van der Waals surface area contributed by atoms with E-state index < -0.39 is 0 Å². The summed E-state index contributed by atoms with van der Waals surface area (Å²) in [6.07, 6.45) is 5.09. The minimum absolute atomic E-state index is 0.0324. The van der Waals surface area contributed by atoms with Gasteiger partial charge in [0.25, 0.3) is 0 Å². The number of aromatic nitrogens is 1. The van der Waals surface area contributed by atoms with E-state index in [-0.39, 0.29) is 11.8 Å². The molecule has 1 atom stereocenters. The van der Waals surface area contributed by atoms with Crippen LogP contribution in [0.15, 0.2) is 18.5 Å². The van der Waals surface area contributed by atoms with Gasteiger partial charge >= 0.3 is 0 Å². The number of rotatable bonds is 5. The second kappa shape index (κ2) is 5.83. The fourth-order valence-corrected chi connectivity index (χ4v) is 1.52. The zero-order chi connectivity index (χ0) is 11.3. The second-order valence-electron chi connectivity index (χ2n) is 3.51. The number of Topliss-reactive ketones (excluding diaryl/α,β-unsaturated/α-hetero) is 1. The van der Waals surface area contributed by atoms with E-state index in [0.29, 0.717) is 11.4 Å². The Hall–Kier alpha value is -0.930. The number of carbonyl (C=O) groups excluding carboxylic acids is 1. The molecule has 3 nitrogen and oxygen atoms in total. The van der Waals surface area contributed by atoms with Crippen molar-refractivity contribution >= 4 is 17.4 Å².